The van der Waals surface area contributed by atoms with Crippen molar-refractivity contribution in [2.24, 2.45) is 4.99 Å². The molecule has 0 bridgehead atoms. The maximum atomic E-state index is 10.2. The standard InChI is InChI=1S/C21H36N4O2.HI/c1-5-22-20(24-16-21(2,3)25-14-7-6-8-15-25)23-13-12-17-10-9-11-18(27-4)19(17)26;/h9-11,26H,5-8,12-16H2,1-4H3,(H2,22,23,24);1H. The van der Waals surface area contributed by atoms with Crippen molar-refractivity contribution in [1.82, 2.24) is 15.5 Å². The summed E-state index contributed by atoms with van der Waals surface area (Å²) < 4.78 is 5.17. The van der Waals surface area contributed by atoms with E-state index < -0.39 is 0 Å². The molecule has 0 unspecified atom stereocenters. The lowest BCUT2D eigenvalue weighted by atomic mass is 9.99. The summed E-state index contributed by atoms with van der Waals surface area (Å²) >= 11 is 0. The Balaban J connectivity index is 0.00000392. The Kier molecular flexibility index (Phi) is 11.0. The molecule has 160 valence electrons. The molecule has 0 aromatic heterocycles. The number of aliphatic imine (C=N–C) groups is 1. The van der Waals surface area contributed by atoms with E-state index in [0.29, 0.717) is 18.7 Å². The van der Waals surface area contributed by atoms with Crippen LogP contribution < -0.4 is 15.4 Å². The third kappa shape index (κ3) is 7.31. The van der Waals surface area contributed by atoms with Crippen LogP contribution in [-0.2, 0) is 6.42 Å². The van der Waals surface area contributed by atoms with Gasteiger partial charge in [0.15, 0.2) is 17.5 Å². The van der Waals surface area contributed by atoms with Gasteiger partial charge in [0.05, 0.1) is 13.7 Å². The topological polar surface area (TPSA) is 69.1 Å². The maximum absolute atomic E-state index is 10.2. The number of aromatic hydroxyl groups is 1. The summed E-state index contributed by atoms with van der Waals surface area (Å²) in [7, 11) is 1.57. The quantitative estimate of drug-likeness (QED) is 0.288. The zero-order valence-corrected chi connectivity index (χ0v) is 20.1. The number of benzene rings is 1. The molecule has 0 saturated carbocycles. The number of hydrogen-bond acceptors (Lipinski definition) is 4. The van der Waals surface area contributed by atoms with Crippen LogP contribution in [0.2, 0.25) is 0 Å². The van der Waals surface area contributed by atoms with Crippen LogP contribution in [0.4, 0.5) is 0 Å². The Morgan fingerprint density at radius 2 is 1.93 bits per heavy atom. The van der Waals surface area contributed by atoms with Crippen LogP contribution in [0, 0.1) is 0 Å². The fourth-order valence-electron chi connectivity index (χ4n) is 3.46. The average Bonchev–Trinajstić information content (AvgIpc) is 2.68. The SMILES string of the molecule is CCNC(=NCC(C)(C)N1CCCCC1)NCCc1cccc(OC)c1O.I. The first-order chi connectivity index (χ1) is 13.0. The van der Waals surface area contributed by atoms with Gasteiger partial charge in [-0.3, -0.25) is 9.89 Å². The van der Waals surface area contributed by atoms with Crippen molar-refractivity contribution in [3.63, 3.8) is 0 Å². The summed E-state index contributed by atoms with van der Waals surface area (Å²) in [6.45, 7) is 11.2. The monoisotopic (exact) mass is 504 g/mol. The third-order valence-corrected chi connectivity index (χ3v) is 5.17. The molecule has 0 radical (unpaired) electrons. The van der Waals surface area contributed by atoms with Gasteiger partial charge in [-0.1, -0.05) is 18.6 Å². The van der Waals surface area contributed by atoms with E-state index in [1.54, 1.807) is 13.2 Å². The van der Waals surface area contributed by atoms with Gasteiger partial charge in [0.2, 0.25) is 0 Å². The molecule has 0 spiro atoms. The zero-order chi connectivity index (χ0) is 19.7. The summed E-state index contributed by atoms with van der Waals surface area (Å²) in [5, 5.41) is 16.9. The van der Waals surface area contributed by atoms with Crippen LogP contribution in [0.3, 0.4) is 0 Å². The Morgan fingerprint density at radius 1 is 1.21 bits per heavy atom. The third-order valence-electron chi connectivity index (χ3n) is 5.17. The van der Waals surface area contributed by atoms with Gasteiger partial charge in [-0.2, -0.15) is 0 Å². The van der Waals surface area contributed by atoms with Crippen LogP contribution in [-0.4, -0.2) is 61.3 Å². The first kappa shape index (κ1) is 24.8. The molecule has 1 fully saturated rings. The number of halogens is 1. The van der Waals surface area contributed by atoms with E-state index in [0.717, 1.165) is 24.6 Å². The molecule has 7 heteroatoms. The van der Waals surface area contributed by atoms with Gasteiger partial charge in [-0.25, -0.2) is 0 Å². The fourth-order valence-corrected chi connectivity index (χ4v) is 3.46. The molecule has 2 rings (SSSR count). The van der Waals surface area contributed by atoms with Gasteiger partial charge in [0, 0.05) is 18.6 Å². The smallest absolute Gasteiger partial charge is 0.191 e. The fraction of sp³-hybridized carbons (Fsp3) is 0.667. The minimum atomic E-state index is 0. The molecule has 28 heavy (non-hydrogen) atoms. The Morgan fingerprint density at radius 3 is 2.57 bits per heavy atom. The van der Waals surface area contributed by atoms with Crippen molar-refractivity contribution in [3.8, 4) is 11.5 Å². The predicted molar refractivity (Wildman–Crippen MR) is 127 cm³/mol. The van der Waals surface area contributed by atoms with Gasteiger partial charge in [-0.05, 0) is 64.8 Å². The van der Waals surface area contributed by atoms with Crippen molar-refractivity contribution in [2.45, 2.75) is 52.0 Å². The van der Waals surface area contributed by atoms with Gasteiger partial charge >= 0.3 is 0 Å². The van der Waals surface area contributed by atoms with Crippen molar-refractivity contribution in [2.75, 3.05) is 39.8 Å². The highest BCUT2D eigenvalue weighted by Gasteiger charge is 2.27. The van der Waals surface area contributed by atoms with Gasteiger partial charge < -0.3 is 20.5 Å². The molecule has 6 nitrogen and oxygen atoms in total. The first-order valence-corrected chi connectivity index (χ1v) is 10.1. The molecule has 3 N–H and O–H groups in total. The molecular weight excluding hydrogens is 467 g/mol. The van der Waals surface area contributed by atoms with Gasteiger partial charge in [0.25, 0.3) is 0 Å². The second-order valence-corrected chi connectivity index (χ2v) is 7.70. The van der Waals surface area contributed by atoms with E-state index in [1.165, 1.54) is 32.4 Å². The lowest BCUT2D eigenvalue weighted by Gasteiger charge is -2.40. The highest BCUT2D eigenvalue weighted by atomic mass is 127. The van der Waals surface area contributed by atoms with Gasteiger partial charge in [-0.15, -0.1) is 24.0 Å². The number of piperidine rings is 1. The van der Waals surface area contributed by atoms with Crippen LogP contribution >= 0.6 is 24.0 Å². The number of hydrogen-bond donors (Lipinski definition) is 3. The number of likely N-dealkylation sites (tertiary alicyclic amines) is 1. The summed E-state index contributed by atoms with van der Waals surface area (Å²) in [5.74, 6) is 1.55. The highest BCUT2D eigenvalue weighted by Crippen LogP contribution is 2.29. The second-order valence-electron chi connectivity index (χ2n) is 7.70. The number of guanidine groups is 1. The number of nitrogens with zero attached hydrogens (tertiary/aromatic N) is 2. The lowest BCUT2D eigenvalue weighted by Crippen LogP contribution is -2.49. The molecule has 0 aliphatic carbocycles. The zero-order valence-electron chi connectivity index (χ0n) is 17.8. The van der Waals surface area contributed by atoms with E-state index in [-0.39, 0.29) is 35.3 Å². The number of ether oxygens (including phenoxy) is 1. The maximum Gasteiger partial charge on any atom is 0.191 e. The van der Waals surface area contributed by atoms with Crippen molar-refractivity contribution in [3.05, 3.63) is 23.8 Å². The number of nitrogens with one attached hydrogen (secondary N) is 2. The molecule has 0 amide bonds. The molecule has 1 saturated heterocycles. The van der Waals surface area contributed by atoms with Crippen molar-refractivity contribution in [1.29, 1.82) is 0 Å². The van der Waals surface area contributed by atoms with Crippen LogP contribution in [0.1, 0.15) is 45.6 Å². The van der Waals surface area contributed by atoms with Crippen LogP contribution in [0.15, 0.2) is 23.2 Å². The Labute approximate surface area is 187 Å². The Hall–Kier alpha value is -1.22. The minimum Gasteiger partial charge on any atom is -0.504 e. The number of para-hydroxylation sites is 1. The van der Waals surface area contributed by atoms with E-state index in [2.05, 4.69) is 36.3 Å². The molecule has 1 aliphatic rings. The summed E-state index contributed by atoms with van der Waals surface area (Å²) in [5.41, 5.74) is 0.930. The molecular formula is C21H37IN4O2. The largest absolute Gasteiger partial charge is 0.504 e. The van der Waals surface area contributed by atoms with Crippen molar-refractivity contribution < 1.29 is 9.84 Å². The van der Waals surface area contributed by atoms with E-state index in [1.807, 2.05) is 12.1 Å². The lowest BCUT2D eigenvalue weighted by molar-refractivity contribution is 0.102. The highest BCUT2D eigenvalue weighted by molar-refractivity contribution is 14.0. The molecule has 1 heterocycles. The van der Waals surface area contributed by atoms with Crippen LogP contribution in [0.5, 0.6) is 11.5 Å². The molecule has 1 aliphatic heterocycles. The molecule has 1 aromatic carbocycles. The van der Waals surface area contributed by atoms with E-state index >= 15 is 0 Å². The Bertz CT molecular complexity index is 616. The number of rotatable bonds is 8. The van der Waals surface area contributed by atoms with Crippen LogP contribution in [0.25, 0.3) is 0 Å². The number of phenols is 1. The second kappa shape index (κ2) is 12.4. The summed E-state index contributed by atoms with van der Waals surface area (Å²) in [6.07, 6.45) is 4.62. The average molecular weight is 504 g/mol. The molecule has 1 aromatic rings. The normalized spacial score (nSPS) is 15.6. The first-order valence-electron chi connectivity index (χ1n) is 10.1. The number of methoxy groups -OCH3 is 1. The summed E-state index contributed by atoms with van der Waals surface area (Å²) in [6, 6.07) is 5.58. The van der Waals surface area contributed by atoms with E-state index in [4.69, 9.17) is 9.73 Å². The van der Waals surface area contributed by atoms with E-state index in [9.17, 15) is 5.11 Å². The minimum absolute atomic E-state index is 0. The predicted octanol–water partition coefficient (Wildman–Crippen LogP) is 3.38. The summed E-state index contributed by atoms with van der Waals surface area (Å²) in [4.78, 5) is 7.37. The van der Waals surface area contributed by atoms with Gasteiger partial charge in [0.1, 0.15) is 0 Å². The molecule has 0 atom stereocenters. The number of phenolic OH excluding ortho intramolecular Hbond substituents is 1. The van der Waals surface area contributed by atoms with Crippen molar-refractivity contribution >= 4 is 29.9 Å².